The van der Waals surface area contributed by atoms with Crippen molar-refractivity contribution in [1.29, 1.82) is 0 Å². The third-order valence-corrected chi connectivity index (χ3v) is 6.79. The highest BCUT2D eigenvalue weighted by Gasteiger charge is 2.69. The van der Waals surface area contributed by atoms with Crippen LogP contribution in [0.1, 0.15) is 33.6 Å². The van der Waals surface area contributed by atoms with Crippen LogP contribution < -0.4 is 0 Å². The van der Waals surface area contributed by atoms with Crippen LogP contribution in [-0.4, -0.2) is 0 Å². The SMILES string of the molecule is CC1CC(C)(C)C2(C3=CC=C2C=C3)C2(C1)C1=CC=C2C=C1. The second-order valence-electron chi connectivity index (χ2n) is 8.21. The minimum atomic E-state index is 0.171. The van der Waals surface area contributed by atoms with Crippen LogP contribution >= 0.6 is 0 Å². The number of hydrogen-bond acceptors (Lipinski definition) is 0. The van der Waals surface area contributed by atoms with Crippen LogP contribution in [0.4, 0.5) is 0 Å². The van der Waals surface area contributed by atoms with Gasteiger partial charge in [0, 0.05) is 10.8 Å². The smallest absolute Gasteiger partial charge is 0.0391 e. The Balaban J connectivity index is 1.86. The van der Waals surface area contributed by atoms with Crippen molar-refractivity contribution >= 4 is 0 Å². The molecule has 21 heavy (non-hydrogen) atoms. The lowest BCUT2D eigenvalue weighted by molar-refractivity contribution is -0.0194. The predicted octanol–water partition coefficient (Wildman–Crippen LogP) is 5.29. The molecular formula is C21H22. The fourth-order valence-corrected chi connectivity index (χ4v) is 6.64. The maximum Gasteiger partial charge on any atom is 0.0391 e. The first-order chi connectivity index (χ1) is 10.0. The quantitative estimate of drug-likeness (QED) is 0.563. The second kappa shape index (κ2) is 3.27. The molecule has 1 unspecified atom stereocenters. The van der Waals surface area contributed by atoms with E-state index >= 15 is 0 Å². The molecule has 0 N–H and O–H groups in total. The predicted molar refractivity (Wildman–Crippen MR) is 87.7 cm³/mol. The summed E-state index contributed by atoms with van der Waals surface area (Å²) >= 11 is 0. The highest BCUT2D eigenvalue weighted by molar-refractivity contribution is 5.71. The molecule has 0 heteroatoms. The summed E-state index contributed by atoms with van der Waals surface area (Å²) in [6.07, 6.45) is 21.6. The van der Waals surface area contributed by atoms with Crippen molar-refractivity contribution in [3.63, 3.8) is 0 Å². The third-order valence-electron chi connectivity index (χ3n) is 6.79. The van der Waals surface area contributed by atoms with Crippen LogP contribution in [0.2, 0.25) is 0 Å². The normalized spacial score (nSPS) is 34.5. The Morgan fingerprint density at radius 2 is 1.24 bits per heavy atom. The van der Waals surface area contributed by atoms with Gasteiger partial charge in [-0.15, -0.1) is 0 Å². The lowest BCUT2D eigenvalue weighted by Gasteiger charge is -2.62. The first-order valence-corrected chi connectivity index (χ1v) is 8.24. The van der Waals surface area contributed by atoms with Crippen molar-refractivity contribution in [2.75, 3.05) is 0 Å². The summed E-state index contributed by atoms with van der Waals surface area (Å²) in [5, 5.41) is 0. The molecular weight excluding hydrogens is 252 g/mol. The highest BCUT2D eigenvalue weighted by Crippen LogP contribution is 2.77. The Bertz CT molecular complexity index is 699. The number of hydrogen-bond donors (Lipinski definition) is 0. The summed E-state index contributed by atoms with van der Waals surface area (Å²) in [6.45, 7) is 7.45. The fourth-order valence-electron chi connectivity index (χ4n) is 6.64. The number of rotatable bonds is 0. The minimum absolute atomic E-state index is 0.171. The Kier molecular flexibility index (Phi) is 1.87. The molecule has 5 aliphatic carbocycles. The minimum Gasteiger partial charge on any atom is -0.0624 e. The standard InChI is InChI=1S/C21H22/c1-14-12-19(2,3)21(17-8-9-18(21)11-10-17)20(13-14)15-4-5-16(20)7-6-15/h4-11,14H,12-13H2,1-3H3. The van der Waals surface area contributed by atoms with Gasteiger partial charge < -0.3 is 0 Å². The molecule has 0 aromatic carbocycles. The van der Waals surface area contributed by atoms with E-state index in [-0.39, 0.29) is 16.2 Å². The molecule has 106 valence electrons. The second-order valence-corrected chi connectivity index (χ2v) is 8.21. The first-order valence-electron chi connectivity index (χ1n) is 8.24. The fraction of sp³-hybridized carbons (Fsp3) is 0.429. The molecule has 0 aliphatic heterocycles. The van der Waals surface area contributed by atoms with Gasteiger partial charge in [0.05, 0.1) is 0 Å². The summed E-state index contributed by atoms with van der Waals surface area (Å²) < 4.78 is 0. The molecule has 0 saturated heterocycles. The van der Waals surface area contributed by atoms with E-state index < -0.39 is 0 Å². The van der Waals surface area contributed by atoms with Crippen molar-refractivity contribution in [3.05, 3.63) is 70.9 Å². The van der Waals surface area contributed by atoms with Gasteiger partial charge in [0.25, 0.3) is 0 Å². The van der Waals surface area contributed by atoms with Gasteiger partial charge in [0.1, 0.15) is 0 Å². The van der Waals surface area contributed by atoms with Gasteiger partial charge in [-0.3, -0.25) is 0 Å². The largest absolute Gasteiger partial charge is 0.0624 e. The van der Waals surface area contributed by atoms with Crippen LogP contribution in [0.3, 0.4) is 0 Å². The van der Waals surface area contributed by atoms with E-state index in [4.69, 9.17) is 0 Å². The lowest BCUT2D eigenvalue weighted by atomic mass is 9.40. The van der Waals surface area contributed by atoms with Gasteiger partial charge in [-0.05, 0) is 46.5 Å². The van der Waals surface area contributed by atoms with Crippen LogP contribution in [0, 0.1) is 22.2 Å². The van der Waals surface area contributed by atoms with Gasteiger partial charge >= 0.3 is 0 Å². The molecule has 2 spiro atoms. The van der Waals surface area contributed by atoms with E-state index in [2.05, 4.69) is 69.4 Å². The van der Waals surface area contributed by atoms with Crippen molar-refractivity contribution < 1.29 is 0 Å². The zero-order valence-corrected chi connectivity index (χ0v) is 13.1. The lowest BCUT2D eigenvalue weighted by Crippen LogP contribution is -2.56. The van der Waals surface area contributed by atoms with Crippen molar-refractivity contribution in [1.82, 2.24) is 0 Å². The molecule has 0 aromatic rings. The molecule has 5 aliphatic rings. The van der Waals surface area contributed by atoms with E-state index in [0.29, 0.717) is 0 Å². The first kappa shape index (κ1) is 12.0. The topological polar surface area (TPSA) is 0 Å². The summed E-state index contributed by atoms with van der Waals surface area (Å²) in [6, 6.07) is 0. The van der Waals surface area contributed by atoms with Crippen molar-refractivity contribution in [3.8, 4) is 0 Å². The van der Waals surface area contributed by atoms with Gasteiger partial charge in [0.15, 0.2) is 0 Å². The van der Waals surface area contributed by atoms with Gasteiger partial charge in [-0.25, -0.2) is 0 Å². The summed E-state index contributed by atoms with van der Waals surface area (Å²) in [5.41, 5.74) is 6.88. The van der Waals surface area contributed by atoms with E-state index in [1.807, 2.05) is 0 Å². The highest BCUT2D eigenvalue weighted by atomic mass is 14.7. The molecule has 5 rings (SSSR count). The van der Waals surface area contributed by atoms with E-state index in [9.17, 15) is 0 Å². The zero-order valence-electron chi connectivity index (χ0n) is 13.1. The van der Waals surface area contributed by atoms with Gasteiger partial charge in [-0.1, -0.05) is 69.4 Å². The van der Waals surface area contributed by atoms with Crippen LogP contribution in [0.25, 0.3) is 0 Å². The molecule has 1 fully saturated rings. The van der Waals surface area contributed by atoms with E-state index in [1.165, 1.54) is 12.8 Å². The summed E-state index contributed by atoms with van der Waals surface area (Å²) in [7, 11) is 0. The molecule has 0 nitrogen and oxygen atoms in total. The average Bonchev–Trinajstić information content (AvgIpc) is 3.15. The molecule has 1 saturated carbocycles. The molecule has 0 heterocycles. The Morgan fingerprint density at radius 3 is 1.71 bits per heavy atom. The molecule has 1 atom stereocenters. The Hall–Kier alpha value is -1.56. The number of allylic oxidation sites excluding steroid dienone is 12. The average molecular weight is 274 g/mol. The van der Waals surface area contributed by atoms with E-state index in [0.717, 1.165) is 5.92 Å². The molecule has 0 amide bonds. The maximum absolute atomic E-state index is 2.50. The molecule has 0 radical (unpaired) electrons. The van der Waals surface area contributed by atoms with Crippen LogP contribution in [0.15, 0.2) is 70.9 Å². The van der Waals surface area contributed by atoms with Crippen molar-refractivity contribution in [2.24, 2.45) is 22.2 Å². The maximum atomic E-state index is 2.50. The summed E-state index contributed by atoms with van der Waals surface area (Å²) in [4.78, 5) is 0. The van der Waals surface area contributed by atoms with Crippen LogP contribution in [0.5, 0.6) is 0 Å². The zero-order chi connectivity index (χ0) is 14.5. The monoisotopic (exact) mass is 274 g/mol. The van der Waals surface area contributed by atoms with Crippen LogP contribution in [-0.2, 0) is 0 Å². The Morgan fingerprint density at radius 1 is 0.762 bits per heavy atom. The Labute approximate surface area is 127 Å². The van der Waals surface area contributed by atoms with Gasteiger partial charge in [0.2, 0.25) is 0 Å². The van der Waals surface area contributed by atoms with Gasteiger partial charge in [-0.2, -0.15) is 0 Å². The molecule has 4 bridgehead atoms. The van der Waals surface area contributed by atoms with Crippen molar-refractivity contribution in [2.45, 2.75) is 33.6 Å². The van der Waals surface area contributed by atoms with E-state index in [1.54, 1.807) is 22.3 Å². The summed E-state index contributed by atoms with van der Waals surface area (Å²) in [5.74, 6) is 0.775. The molecule has 0 aromatic heterocycles. The third kappa shape index (κ3) is 1.00.